The monoisotopic (exact) mass is 338 g/mol. The smallest absolute Gasteiger partial charge is 0.335 e. The van der Waals surface area contributed by atoms with Crippen LogP contribution < -0.4 is 15.8 Å². The van der Waals surface area contributed by atoms with Crippen LogP contribution in [0.25, 0.3) is 0 Å². The molecular formula is C15H22N2O5Si. The van der Waals surface area contributed by atoms with Crippen LogP contribution in [-0.2, 0) is 9.53 Å². The van der Waals surface area contributed by atoms with E-state index in [0.29, 0.717) is 10.9 Å². The van der Waals surface area contributed by atoms with Crippen LogP contribution in [0.15, 0.2) is 18.2 Å². The van der Waals surface area contributed by atoms with E-state index in [4.69, 9.17) is 4.74 Å². The fraction of sp³-hybridized carbons (Fsp3) is 0.400. The molecule has 8 heteroatoms. The fourth-order valence-electron chi connectivity index (χ4n) is 2.17. The highest BCUT2D eigenvalue weighted by Crippen LogP contribution is 2.16. The number of carbonyl (C=O) groups excluding carboxylic acids is 2. The minimum Gasteiger partial charge on any atom is -0.478 e. The summed E-state index contributed by atoms with van der Waals surface area (Å²) in [7, 11) is -2.02. The quantitative estimate of drug-likeness (QED) is 0.540. The third-order valence-electron chi connectivity index (χ3n) is 2.99. The van der Waals surface area contributed by atoms with E-state index in [1.165, 1.54) is 6.07 Å². The average Bonchev–Trinajstić information content (AvgIpc) is 2.44. The predicted molar refractivity (Wildman–Crippen MR) is 90.0 cm³/mol. The number of amides is 2. The van der Waals surface area contributed by atoms with Gasteiger partial charge in [-0.15, -0.1) is 0 Å². The zero-order valence-corrected chi connectivity index (χ0v) is 14.7. The summed E-state index contributed by atoms with van der Waals surface area (Å²) in [5.41, 5.74) is 0.637. The van der Waals surface area contributed by atoms with Gasteiger partial charge in [-0.3, -0.25) is 4.79 Å². The SMILES string of the molecule is CCOC(=O)CNC(=O)Nc1cccc(C(=O)O)c1[Si](C)(C)C. The lowest BCUT2D eigenvalue weighted by Crippen LogP contribution is -2.44. The summed E-state index contributed by atoms with van der Waals surface area (Å²) in [5, 5.41) is 15.0. The molecule has 0 bridgehead atoms. The number of carboxylic acid groups (broad SMARTS) is 1. The van der Waals surface area contributed by atoms with Crippen molar-refractivity contribution in [1.82, 2.24) is 5.32 Å². The van der Waals surface area contributed by atoms with Crippen LogP contribution >= 0.6 is 0 Å². The van der Waals surface area contributed by atoms with Gasteiger partial charge in [0.2, 0.25) is 0 Å². The highest BCUT2D eigenvalue weighted by molar-refractivity contribution is 6.90. The summed E-state index contributed by atoms with van der Waals surface area (Å²) in [6, 6.07) is 4.18. The summed E-state index contributed by atoms with van der Waals surface area (Å²) in [6.45, 7) is 7.65. The van der Waals surface area contributed by atoms with Crippen LogP contribution in [0.3, 0.4) is 0 Å². The maximum Gasteiger partial charge on any atom is 0.335 e. The molecule has 0 unspecified atom stereocenters. The van der Waals surface area contributed by atoms with Crippen molar-refractivity contribution >= 4 is 36.9 Å². The first kappa shape index (κ1) is 18.7. The first-order chi connectivity index (χ1) is 10.7. The van der Waals surface area contributed by atoms with Crippen molar-refractivity contribution in [2.45, 2.75) is 26.6 Å². The molecule has 0 spiro atoms. The van der Waals surface area contributed by atoms with Gasteiger partial charge < -0.3 is 20.5 Å². The van der Waals surface area contributed by atoms with Gasteiger partial charge in [0.15, 0.2) is 0 Å². The average molecular weight is 338 g/mol. The third kappa shape index (κ3) is 5.40. The fourth-order valence-corrected chi connectivity index (χ4v) is 4.13. The van der Waals surface area contributed by atoms with E-state index in [1.54, 1.807) is 19.1 Å². The van der Waals surface area contributed by atoms with Gasteiger partial charge in [-0.1, -0.05) is 25.7 Å². The lowest BCUT2D eigenvalue weighted by atomic mass is 10.2. The van der Waals surface area contributed by atoms with E-state index in [9.17, 15) is 19.5 Å². The number of benzene rings is 1. The highest BCUT2D eigenvalue weighted by atomic mass is 28.3. The summed E-state index contributed by atoms with van der Waals surface area (Å²) < 4.78 is 4.72. The number of anilines is 1. The number of hydrogen-bond donors (Lipinski definition) is 3. The molecule has 2 amide bonds. The van der Waals surface area contributed by atoms with E-state index in [1.807, 2.05) is 19.6 Å². The summed E-state index contributed by atoms with van der Waals surface area (Å²) in [4.78, 5) is 34.6. The highest BCUT2D eigenvalue weighted by Gasteiger charge is 2.27. The van der Waals surface area contributed by atoms with Crippen LogP contribution in [-0.4, -0.2) is 44.3 Å². The lowest BCUT2D eigenvalue weighted by molar-refractivity contribution is -0.141. The number of carboxylic acids is 1. The molecule has 0 aromatic heterocycles. The Bertz CT molecular complexity index is 610. The molecule has 0 fully saturated rings. The van der Waals surface area contributed by atoms with Gasteiger partial charge in [0.25, 0.3) is 0 Å². The third-order valence-corrected chi connectivity index (χ3v) is 5.03. The molecule has 1 aromatic rings. The maximum atomic E-state index is 11.9. The summed E-state index contributed by atoms with van der Waals surface area (Å²) >= 11 is 0. The zero-order chi connectivity index (χ0) is 17.6. The number of nitrogens with one attached hydrogen (secondary N) is 2. The van der Waals surface area contributed by atoms with Crippen molar-refractivity contribution in [1.29, 1.82) is 0 Å². The second kappa shape index (κ2) is 7.77. The van der Waals surface area contributed by atoms with Crippen molar-refractivity contribution in [2.75, 3.05) is 18.5 Å². The van der Waals surface area contributed by atoms with E-state index < -0.39 is 26.0 Å². The number of aromatic carboxylic acids is 1. The Morgan fingerprint density at radius 2 is 1.87 bits per heavy atom. The van der Waals surface area contributed by atoms with E-state index in [-0.39, 0.29) is 18.7 Å². The number of urea groups is 1. The molecule has 7 nitrogen and oxygen atoms in total. The molecule has 0 atom stereocenters. The Kier molecular flexibility index (Phi) is 6.32. The molecule has 1 rings (SSSR count). The molecule has 3 N–H and O–H groups in total. The molecular weight excluding hydrogens is 316 g/mol. The van der Waals surface area contributed by atoms with Gasteiger partial charge in [0.05, 0.1) is 20.2 Å². The van der Waals surface area contributed by atoms with Gasteiger partial charge in [-0.2, -0.15) is 0 Å². The summed E-state index contributed by atoms with van der Waals surface area (Å²) in [6.07, 6.45) is 0. The van der Waals surface area contributed by atoms with Crippen molar-refractivity contribution in [2.24, 2.45) is 0 Å². The Balaban J connectivity index is 2.96. The number of rotatable bonds is 6. The Morgan fingerprint density at radius 1 is 1.22 bits per heavy atom. The molecule has 0 saturated carbocycles. The Hall–Kier alpha value is -2.35. The molecule has 0 radical (unpaired) electrons. The topological polar surface area (TPSA) is 105 Å². The van der Waals surface area contributed by atoms with E-state index >= 15 is 0 Å². The minimum atomic E-state index is -2.02. The van der Waals surface area contributed by atoms with Gasteiger partial charge in [0.1, 0.15) is 6.54 Å². The predicted octanol–water partition coefficient (Wildman–Crippen LogP) is 1.61. The van der Waals surface area contributed by atoms with Crippen molar-refractivity contribution in [3.05, 3.63) is 23.8 Å². The number of hydrogen-bond acceptors (Lipinski definition) is 4. The molecule has 23 heavy (non-hydrogen) atoms. The van der Waals surface area contributed by atoms with Crippen LogP contribution in [0.2, 0.25) is 19.6 Å². The van der Waals surface area contributed by atoms with Crippen molar-refractivity contribution < 1.29 is 24.2 Å². The number of ether oxygens (including phenoxy) is 1. The van der Waals surface area contributed by atoms with Gasteiger partial charge in [0, 0.05) is 5.69 Å². The molecule has 0 saturated heterocycles. The number of carbonyl (C=O) groups is 3. The molecule has 126 valence electrons. The molecule has 0 heterocycles. The Labute approximate surface area is 136 Å². The van der Waals surface area contributed by atoms with E-state index in [0.717, 1.165) is 0 Å². The number of esters is 1. The van der Waals surface area contributed by atoms with Crippen molar-refractivity contribution in [3.63, 3.8) is 0 Å². The van der Waals surface area contributed by atoms with E-state index in [2.05, 4.69) is 10.6 Å². The van der Waals surface area contributed by atoms with Gasteiger partial charge in [-0.05, 0) is 24.2 Å². The standard InChI is InChI=1S/C15H22N2O5Si/c1-5-22-12(18)9-16-15(21)17-11-8-6-7-10(14(19)20)13(11)23(2,3)4/h6-8H,5,9H2,1-4H3,(H,19,20)(H2,16,17,21). The zero-order valence-electron chi connectivity index (χ0n) is 13.7. The molecule has 0 aliphatic heterocycles. The van der Waals surface area contributed by atoms with Crippen LogP contribution in [0.4, 0.5) is 10.5 Å². The second-order valence-corrected chi connectivity index (χ2v) is 10.9. The lowest BCUT2D eigenvalue weighted by Gasteiger charge is -2.23. The Morgan fingerprint density at radius 3 is 2.39 bits per heavy atom. The largest absolute Gasteiger partial charge is 0.478 e. The first-order valence-corrected chi connectivity index (χ1v) is 10.7. The second-order valence-electron chi connectivity index (χ2n) is 5.90. The van der Waals surface area contributed by atoms with Gasteiger partial charge >= 0.3 is 18.0 Å². The maximum absolute atomic E-state index is 11.9. The van der Waals surface area contributed by atoms with Gasteiger partial charge in [-0.25, -0.2) is 9.59 Å². The van der Waals surface area contributed by atoms with Crippen molar-refractivity contribution in [3.8, 4) is 0 Å². The van der Waals surface area contributed by atoms with Crippen LogP contribution in [0.1, 0.15) is 17.3 Å². The first-order valence-electron chi connectivity index (χ1n) is 7.24. The van der Waals surface area contributed by atoms with Crippen LogP contribution in [0.5, 0.6) is 0 Å². The summed E-state index contributed by atoms with van der Waals surface area (Å²) in [5.74, 6) is -1.56. The molecule has 0 aliphatic rings. The normalized spacial score (nSPS) is 10.8. The molecule has 1 aromatic carbocycles. The minimum absolute atomic E-state index is 0.187. The van der Waals surface area contributed by atoms with Crippen LogP contribution in [0, 0.1) is 0 Å². The molecule has 0 aliphatic carbocycles.